The Morgan fingerprint density at radius 1 is 0.941 bits per heavy atom. The molecule has 1 saturated heterocycles. The quantitative estimate of drug-likeness (QED) is 0.194. The Balaban J connectivity index is 0.000000156. The maximum atomic E-state index is 11.9. The van der Waals surface area contributed by atoms with Gasteiger partial charge < -0.3 is 9.84 Å². The fourth-order valence-corrected chi connectivity index (χ4v) is 9.05. The van der Waals surface area contributed by atoms with Crippen LogP contribution in [0.1, 0.15) is 98.3 Å². The molecule has 1 aliphatic heterocycles. The fraction of sp³-hybridized carbons (Fsp3) is 0.960. The van der Waals surface area contributed by atoms with Crippen molar-refractivity contribution in [3.63, 3.8) is 0 Å². The van der Waals surface area contributed by atoms with Gasteiger partial charge in [-0.1, -0.05) is 27.2 Å². The molecule has 0 bridgehead atoms. The molecule has 0 aromatic carbocycles. The standard InChI is InChI=1S/C13H20O.C12H20O2.I2.3HI.V/c1-9-8-13(9)7-5-10-11(14)4-3-6-12(10,13)2;1-8-12(14-8)7-5-9-10(13)4-3-6-11(9,12)2;1-2;;;;/h9-10H,3-8H2,1-2H3;8-10,13H,3-7H2,1-2H3;;3*1H;/q;;;;;;+3/p-3/t9-,10?,12+,13?;8-,9?,10?,11-,12?;;;;;/m10...../s1. The predicted octanol–water partition coefficient (Wildman–Crippen LogP) is 9.71. The second-order valence-electron chi connectivity index (χ2n) is 12.0. The molecule has 6 rings (SSSR count). The van der Waals surface area contributed by atoms with E-state index in [0.29, 0.717) is 34.6 Å². The van der Waals surface area contributed by atoms with Gasteiger partial charge in [-0.3, -0.25) is 4.79 Å². The van der Waals surface area contributed by atoms with Gasteiger partial charge in [0.25, 0.3) is 0 Å². The first-order valence-corrected chi connectivity index (χ1v) is 32.5. The zero-order valence-corrected chi connectivity index (χ0v) is 32.9. The van der Waals surface area contributed by atoms with E-state index in [9.17, 15) is 9.90 Å². The average molecular weight is 1070 g/mol. The second-order valence-corrected chi connectivity index (χ2v) is 47.3. The average Bonchev–Trinajstić information content (AvgIpc) is 3.55. The minimum atomic E-state index is -0.278. The molecule has 5 unspecified atom stereocenters. The van der Waals surface area contributed by atoms with Crippen molar-refractivity contribution < 1.29 is 19.6 Å². The van der Waals surface area contributed by atoms with Crippen LogP contribution in [-0.4, -0.2) is 28.7 Å². The first kappa shape index (κ1) is 32.3. The molecule has 1 N–H and O–H groups in total. The van der Waals surface area contributed by atoms with E-state index in [1.165, 1.54) is 51.4 Å². The van der Waals surface area contributed by atoms with Gasteiger partial charge in [0.1, 0.15) is 11.4 Å². The van der Waals surface area contributed by atoms with Gasteiger partial charge in [-0.2, -0.15) is 0 Å². The summed E-state index contributed by atoms with van der Waals surface area (Å²) in [5, 5.41) is 10.0. The van der Waals surface area contributed by atoms with E-state index in [2.05, 4.69) is 125 Å². The Morgan fingerprint density at radius 2 is 1.50 bits per heavy atom. The van der Waals surface area contributed by atoms with Crippen LogP contribution in [0.15, 0.2) is 0 Å². The number of Topliss-reactive ketones (excluding diaryl/α,β-unsaturated/α-hetero) is 1. The summed E-state index contributed by atoms with van der Waals surface area (Å²) in [5.74, 6) is 2.40. The number of halogens is 5. The number of aliphatic hydroxyl groups excluding tert-OH is 1. The van der Waals surface area contributed by atoms with Crippen molar-refractivity contribution in [1.29, 1.82) is 0 Å². The third-order valence-corrected chi connectivity index (χ3v) is 11.0. The van der Waals surface area contributed by atoms with Crippen molar-refractivity contribution in [1.82, 2.24) is 0 Å². The predicted molar refractivity (Wildman–Crippen MR) is 180 cm³/mol. The summed E-state index contributed by atoms with van der Waals surface area (Å²) in [4.78, 5) is 11.6. The van der Waals surface area contributed by atoms with Crippen LogP contribution >= 0.6 is 97.2 Å². The SMILES string of the molecule is C[C@@H]1CC12CCC1C(=O)CCC[C@@]12C.C[C@@H]1OC12CCC1C(O)CCC[C@@]12C.II.[I][V]([I])[I]. The molecule has 9 atom stereocenters. The summed E-state index contributed by atoms with van der Waals surface area (Å²) >= 11 is 11.6. The number of hydrogen-bond acceptors (Lipinski definition) is 3. The van der Waals surface area contributed by atoms with Crippen molar-refractivity contribution in [3.05, 3.63) is 0 Å². The molecule has 6 aliphatic rings. The van der Waals surface area contributed by atoms with Crippen molar-refractivity contribution in [2.45, 2.75) is 116 Å². The second kappa shape index (κ2) is 12.8. The van der Waals surface area contributed by atoms with Crippen LogP contribution in [0.25, 0.3) is 0 Å². The number of carbonyl (C=O) groups is 1. The van der Waals surface area contributed by atoms with Crippen LogP contribution in [0.2, 0.25) is 0 Å². The normalized spacial score (nSPS) is 49.7. The topological polar surface area (TPSA) is 49.8 Å². The molecule has 3 nitrogen and oxygen atoms in total. The van der Waals surface area contributed by atoms with E-state index in [1.807, 2.05) is 0 Å². The van der Waals surface area contributed by atoms with Gasteiger partial charge in [0.05, 0.1) is 12.2 Å². The van der Waals surface area contributed by atoms with Crippen LogP contribution < -0.4 is 0 Å². The van der Waals surface area contributed by atoms with Crippen LogP contribution in [0, 0.1) is 34.0 Å². The van der Waals surface area contributed by atoms with Crippen molar-refractivity contribution in [2.24, 2.45) is 34.0 Å². The third kappa shape index (κ3) is 5.90. The molecule has 0 aromatic rings. The van der Waals surface area contributed by atoms with E-state index in [0.717, 1.165) is 25.2 Å². The number of ketones is 1. The van der Waals surface area contributed by atoms with Crippen LogP contribution in [0.4, 0.5) is 0 Å². The Bertz CT molecular complexity index is 741. The number of carbonyl (C=O) groups excluding carboxylic acids is 1. The van der Waals surface area contributed by atoms with Crippen LogP contribution in [-0.2, 0) is 14.5 Å². The van der Waals surface area contributed by atoms with Gasteiger partial charge >= 0.3 is 64.9 Å². The van der Waals surface area contributed by atoms with Gasteiger partial charge in [-0.25, -0.2) is 0 Å². The number of rotatable bonds is 0. The molecule has 2 spiro atoms. The van der Waals surface area contributed by atoms with Crippen molar-refractivity contribution >= 4 is 103 Å². The summed E-state index contributed by atoms with van der Waals surface area (Å²) in [6.45, 7) is 9.32. The number of fused-ring (bicyclic) bond motifs is 4. The monoisotopic (exact) mass is 1070 g/mol. The molecule has 1 heterocycles. The molecule has 9 heteroatoms. The molecule has 0 aromatic heterocycles. The molecule has 198 valence electrons. The van der Waals surface area contributed by atoms with Crippen LogP contribution in [0.5, 0.6) is 0 Å². The summed E-state index contributed by atoms with van der Waals surface area (Å²) in [6, 6.07) is 0. The van der Waals surface area contributed by atoms with E-state index in [1.54, 1.807) is 0 Å². The van der Waals surface area contributed by atoms with Gasteiger partial charge in [0.15, 0.2) is 0 Å². The summed E-state index contributed by atoms with van der Waals surface area (Å²) in [6.07, 6.45) is 13.4. The first-order chi connectivity index (χ1) is 15.9. The number of ether oxygens (including phenoxy) is 1. The number of epoxide rings is 1. The summed E-state index contributed by atoms with van der Waals surface area (Å²) < 4.78 is 5.88. The Morgan fingerprint density at radius 3 is 2.03 bits per heavy atom. The van der Waals surface area contributed by atoms with E-state index in [4.69, 9.17) is 4.74 Å². The Kier molecular flexibility index (Phi) is 12.2. The minimum absolute atomic E-state index is 0.0653. The molecular formula is C25H40I5O3V. The number of hydrogen-bond donors (Lipinski definition) is 1. The summed E-state index contributed by atoms with van der Waals surface area (Å²) in [7, 11) is 0. The molecule has 34 heavy (non-hydrogen) atoms. The van der Waals surface area contributed by atoms with E-state index < -0.39 is 0 Å². The summed E-state index contributed by atoms with van der Waals surface area (Å²) in [5.41, 5.74) is 1.40. The zero-order valence-electron chi connectivity index (χ0n) is 20.8. The number of aliphatic hydroxyl groups is 1. The molecule has 0 amide bonds. The third-order valence-electron chi connectivity index (χ3n) is 11.0. The maximum absolute atomic E-state index is 11.9. The van der Waals surface area contributed by atoms with Gasteiger partial charge in [0.2, 0.25) is 0 Å². The van der Waals surface area contributed by atoms with Gasteiger partial charge in [-0.15, -0.1) is 0 Å². The van der Waals surface area contributed by atoms with Crippen LogP contribution in [0.3, 0.4) is 0 Å². The van der Waals surface area contributed by atoms with Crippen molar-refractivity contribution in [2.75, 3.05) is 0 Å². The molecule has 5 saturated carbocycles. The van der Waals surface area contributed by atoms with Gasteiger partial charge in [0, 0.05) is 55.0 Å². The first-order valence-electron chi connectivity index (χ1n) is 12.7. The molecule has 6 fully saturated rings. The van der Waals surface area contributed by atoms with Crippen molar-refractivity contribution in [3.8, 4) is 0 Å². The van der Waals surface area contributed by atoms with Gasteiger partial charge in [-0.05, 0) is 87.4 Å². The molecular weight excluding hydrogens is 1030 g/mol. The fourth-order valence-electron chi connectivity index (χ4n) is 9.05. The Labute approximate surface area is 268 Å². The van der Waals surface area contributed by atoms with E-state index in [-0.39, 0.29) is 22.0 Å². The Hall–Kier alpha value is 3.82. The van der Waals surface area contributed by atoms with E-state index >= 15 is 0 Å². The molecule has 0 radical (unpaired) electrons. The zero-order chi connectivity index (χ0) is 25.5. The molecule has 5 aliphatic carbocycles.